The molecule has 4 heteroatoms. The van der Waals surface area contributed by atoms with Gasteiger partial charge in [0.05, 0.1) is 10.7 Å². The Labute approximate surface area is 131 Å². The number of nitrogens with zero attached hydrogens (tertiary/aromatic N) is 1. The van der Waals surface area contributed by atoms with Crippen LogP contribution in [0.4, 0.5) is 0 Å². The van der Waals surface area contributed by atoms with Gasteiger partial charge in [0.2, 0.25) is 0 Å². The minimum atomic E-state index is 0.417. The maximum absolute atomic E-state index is 6.14. The first-order chi connectivity index (χ1) is 10.0. The Bertz CT molecular complexity index is 582. The predicted octanol–water partition coefficient (Wildman–Crippen LogP) is 4.12. The highest BCUT2D eigenvalue weighted by Crippen LogP contribution is 2.25. The lowest BCUT2D eigenvalue weighted by molar-refractivity contribution is 0.301. The number of hydrogen-bond donors (Lipinski definition) is 1. The first kappa shape index (κ1) is 15.8. The molecule has 0 aliphatic heterocycles. The number of nitrogens with one attached hydrogen (secondary N) is 1. The highest BCUT2D eigenvalue weighted by atomic mass is 35.5. The zero-order valence-electron chi connectivity index (χ0n) is 12.7. The molecule has 0 saturated carbocycles. The van der Waals surface area contributed by atoms with Crippen LogP contribution in [0.3, 0.4) is 0 Å². The van der Waals surface area contributed by atoms with Crippen LogP contribution in [0.2, 0.25) is 5.02 Å². The molecule has 0 amide bonds. The molecule has 2 aromatic rings. The minimum absolute atomic E-state index is 0.417. The van der Waals surface area contributed by atoms with Gasteiger partial charge >= 0.3 is 0 Å². The second-order valence-corrected chi connectivity index (χ2v) is 5.82. The van der Waals surface area contributed by atoms with Crippen molar-refractivity contribution >= 4 is 11.6 Å². The number of aromatic nitrogens is 1. The summed E-state index contributed by atoms with van der Waals surface area (Å²) >= 11 is 6.14. The summed E-state index contributed by atoms with van der Waals surface area (Å²) in [5, 5.41) is 4.00. The van der Waals surface area contributed by atoms with Crippen molar-refractivity contribution in [2.24, 2.45) is 0 Å². The number of aryl methyl sites for hydroxylation is 1. The summed E-state index contributed by atoms with van der Waals surface area (Å²) in [6.07, 6.45) is 1.88. The van der Waals surface area contributed by atoms with Crippen LogP contribution >= 0.6 is 11.6 Å². The monoisotopic (exact) mass is 304 g/mol. The van der Waals surface area contributed by atoms with E-state index in [4.69, 9.17) is 16.3 Å². The molecule has 3 nitrogen and oxygen atoms in total. The van der Waals surface area contributed by atoms with Crippen LogP contribution < -0.4 is 10.1 Å². The molecule has 1 aromatic heterocycles. The van der Waals surface area contributed by atoms with Crippen molar-refractivity contribution in [1.82, 2.24) is 10.3 Å². The van der Waals surface area contributed by atoms with E-state index in [1.54, 1.807) is 0 Å². The zero-order valence-corrected chi connectivity index (χ0v) is 13.4. The molecule has 1 N–H and O–H groups in total. The van der Waals surface area contributed by atoms with Crippen molar-refractivity contribution in [3.05, 3.63) is 58.4 Å². The number of ether oxygens (including phenoxy) is 1. The Morgan fingerprint density at radius 2 is 2.05 bits per heavy atom. The van der Waals surface area contributed by atoms with Crippen LogP contribution in [0.15, 0.2) is 36.5 Å². The van der Waals surface area contributed by atoms with Gasteiger partial charge in [-0.2, -0.15) is 0 Å². The van der Waals surface area contributed by atoms with Gasteiger partial charge in [0.25, 0.3) is 0 Å². The molecule has 0 unspecified atom stereocenters. The highest BCUT2D eigenvalue weighted by Gasteiger charge is 2.03. The summed E-state index contributed by atoms with van der Waals surface area (Å²) in [6.45, 7) is 7.50. The van der Waals surface area contributed by atoms with Crippen molar-refractivity contribution in [2.45, 2.75) is 40.0 Å². The molecule has 0 atom stereocenters. The van der Waals surface area contributed by atoms with Crippen LogP contribution in [0, 0.1) is 6.92 Å². The fourth-order valence-electron chi connectivity index (χ4n) is 1.84. The largest absolute Gasteiger partial charge is 0.486 e. The van der Waals surface area contributed by atoms with Gasteiger partial charge in [0.15, 0.2) is 0 Å². The van der Waals surface area contributed by atoms with Crippen LogP contribution in [-0.4, -0.2) is 11.0 Å². The summed E-state index contributed by atoms with van der Waals surface area (Å²) in [5.74, 6) is 0.689. The molecule has 112 valence electrons. The molecule has 0 aliphatic carbocycles. The maximum atomic E-state index is 6.14. The average Bonchev–Trinajstić information content (AvgIpc) is 2.45. The van der Waals surface area contributed by atoms with Gasteiger partial charge in [-0.25, -0.2) is 0 Å². The molecule has 2 rings (SSSR count). The fraction of sp³-hybridized carbons (Fsp3) is 0.353. The standard InChI is InChI=1S/C17H21ClN2O/c1-12(2)19-9-14-5-6-15(20-10-14)11-21-17-7-4-13(3)8-16(17)18/h4-8,10,12,19H,9,11H2,1-3H3. The Morgan fingerprint density at radius 1 is 1.24 bits per heavy atom. The van der Waals surface area contributed by atoms with E-state index in [1.807, 2.05) is 37.4 Å². The van der Waals surface area contributed by atoms with E-state index in [9.17, 15) is 0 Å². The van der Waals surface area contributed by atoms with Gasteiger partial charge in [-0.05, 0) is 36.2 Å². The van der Waals surface area contributed by atoms with Gasteiger partial charge in [0, 0.05) is 18.8 Å². The number of pyridine rings is 1. The number of halogens is 1. The van der Waals surface area contributed by atoms with Crippen LogP contribution in [0.25, 0.3) is 0 Å². The second kappa shape index (κ2) is 7.43. The minimum Gasteiger partial charge on any atom is -0.486 e. The van der Waals surface area contributed by atoms with E-state index in [0.717, 1.165) is 17.8 Å². The van der Waals surface area contributed by atoms with Crippen LogP contribution in [0.1, 0.15) is 30.7 Å². The van der Waals surface area contributed by atoms with Crippen molar-refractivity contribution in [2.75, 3.05) is 0 Å². The summed E-state index contributed by atoms with van der Waals surface area (Å²) in [5.41, 5.74) is 3.17. The molecule has 1 heterocycles. The van der Waals surface area contributed by atoms with Crippen molar-refractivity contribution in [3.8, 4) is 5.75 Å². The molecule has 21 heavy (non-hydrogen) atoms. The van der Waals surface area contributed by atoms with Crippen molar-refractivity contribution in [1.29, 1.82) is 0 Å². The lowest BCUT2D eigenvalue weighted by Crippen LogP contribution is -2.21. The van der Waals surface area contributed by atoms with Crippen LogP contribution in [-0.2, 0) is 13.2 Å². The van der Waals surface area contributed by atoms with Gasteiger partial charge in [-0.3, -0.25) is 4.98 Å². The van der Waals surface area contributed by atoms with Crippen molar-refractivity contribution < 1.29 is 4.74 Å². The summed E-state index contributed by atoms with van der Waals surface area (Å²) in [4.78, 5) is 4.41. The fourth-order valence-corrected chi connectivity index (χ4v) is 2.13. The number of hydrogen-bond acceptors (Lipinski definition) is 3. The molecule has 0 aliphatic rings. The summed E-state index contributed by atoms with van der Waals surface area (Å²) in [6, 6.07) is 10.3. The van der Waals surface area contributed by atoms with E-state index in [0.29, 0.717) is 23.4 Å². The molecule has 0 spiro atoms. The Balaban J connectivity index is 1.91. The topological polar surface area (TPSA) is 34.1 Å². The average molecular weight is 305 g/mol. The molecule has 0 fully saturated rings. The van der Waals surface area contributed by atoms with Gasteiger partial charge < -0.3 is 10.1 Å². The number of benzene rings is 1. The lowest BCUT2D eigenvalue weighted by Gasteiger charge is -2.10. The Kier molecular flexibility index (Phi) is 5.59. The molecular weight excluding hydrogens is 284 g/mol. The van der Waals surface area contributed by atoms with E-state index >= 15 is 0 Å². The molecular formula is C17H21ClN2O. The zero-order chi connectivity index (χ0) is 15.2. The summed E-state index contributed by atoms with van der Waals surface area (Å²) < 4.78 is 5.71. The van der Waals surface area contributed by atoms with Gasteiger partial charge in [-0.1, -0.05) is 37.6 Å². The normalized spacial score (nSPS) is 10.9. The molecule has 0 radical (unpaired) electrons. The second-order valence-electron chi connectivity index (χ2n) is 5.42. The molecule has 0 saturated heterocycles. The smallest absolute Gasteiger partial charge is 0.138 e. The van der Waals surface area contributed by atoms with Gasteiger partial charge in [-0.15, -0.1) is 0 Å². The summed E-state index contributed by atoms with van der Waals surface area (Å²) in [7, 11) is 0. The van der Waals surface area contributed by atoms with E-state index in [2.05, 4.69) is 30.2 Å². The highest BCUT2D eigenvalue weighted by molar-refractivity contribution is 6.32. The third-order valence-electron chi connectivity index (χ3n) is 3.06. The maximum Gasteiger partial charge on any atom is 0.138 e. The Morgan fingerprint density at radius 3 is 2.67 bits per heavy atom. The SMILES string of the molecule is Cc1ccc(OCc2ccc(CNC(C)C)cn2)c(Cl)c1. The first-order valence-corrected chi connectivity index (χ1v) is 7.48. The van der Waals surface area contributed by atoms with E-state index < -0.39 is 0 Å². The molecule has 0 bridgehead atoms. The number of rotatable bonds is 6. The Hall–Kier alpha value is -1.58. The van der Waals surface area contributed by atoms with E-state index in [-0.39, 0.29) is 0 Å². The van der Waals surface area contributed by atoms with Gasteiger partial charge in [0.1, 0.15) is 12.4 Å². The third-order valence-corrected chi connectivity index (χ3v) is 3.36. The quantitative estimate of drug-likeness (QED) is 0.871. The first-order valence-electron chi connectivity index (χ1n) is 7.11. The molecule has 1 aromatic carbocycles. The van der Waals surface area contributed by atoms with Crippen LogP contribution in [0.5, 0.6) is 5.75 Å². The van der Waals surface area contributed by atoms with E-state index in [1.165, 1.54) is 5.56 Å². The predicted molar refractivity (Wildman–Crippen MR) is 86.7 cm³/mol. The lowest BCUT2D eigenvalue weighted by atomic mass is 10.2. The third kappa shape index (κ3) is 5.03. The van der Waals surface area contributed by atoms with Crippen molar-refractivity contribution in [3.63, 3.8) is 0 Å².